The fourth-order valence-electron chi connectivity index (χ4n) is 4.55. The maximum atomic E-state index is 12.9. The molecule has 2 atom stereocenters. The molecule has 4 aromatic rings. The average molecular weight is 426 g/mol. The third-order valence-corrected chi connectivity index (χ3v) is 6.17. The molecule has 0 radical (unpaired) electrons. The molecule has 160 valence electrons. The summed E-state index contributed by atoms with van der Waals surface area (Å²) in [6.07, 6.45) is 8.24. The summed E-state index contributed by atoms with van der Waals surface area (Å²) in [5, 5.41) is 11.5. The number of rotatable bonds is 4. The summed E-state index contributed by atoms with van der Waals surface area (Å²) in [7, 11) is 1.87. The van der Waals surface area contributed by atoms with Gasteiger partial charge in [0.05, 0.1) is 17.4 Å². The number of aromatic nitrogens is 5. The summed E-state index contributed by atoms with van der Waals surface area (Å²) in [5.41, 5.74) is 3.08. The highest BCUT2D eigenvalue weighted by Gasteiger charge is 2.38. The first kappa shape index (κ1) is 18.9. The van der Waals surface area contributed by atoms with Crippen LogP contribution in [0.5, 0.6) is 0 Å². The van der Waals surface area contributed by atoms with E-state index in [1.165, 1.54) is 0 Å². The molecule has 9 heteroatoms. The molecule has 6 rings (SSSR count). The molecule has 0 spiro atoms. The van der Waals surface area contributed by atoms with Gasteiger partial charge in [0, 0.05) is 73.4 Å². The number of amides is 1. The number of hydrogen-bond acceptors (Lipinski definition) is 7. The van der Waals surface area contributed by atoms with Gasteiger partial charge < -0.3 is 15.5 Å². The minimum atomic E-state index is -0.216. The number of carbonyl (C=O) groups is 1. The Kier molecular flexibility index (Phi) is 4.36. The fraction of sp³-hybridized carbons (Fsp3) is 0.261. The number of pyridine rings is 3. The van der Waals surface area contributed by atoms with Crippen LogP contribution in [-0.4, -0.2) is 55.8 Å². The zero-order chi connectivity index (χ0) is 21.7. The van der Waals surface area contributed by atoms with Crippen LogP contribution in [-0.2, 0) is 7.05 Å². The summed E-state index contributed by atoms with van der Waals surface area (Å²) >= 11 is 0. The lowest BCUT2D eigenvalue weighted by atomic mass is 10.2. The summed E-state index contributed by atoms with van der Waals surface area (Å²) in [4.78, 5) is 28.8. The van der Waals surface area contributed by atoms with E-state index in [1.807, 2.05) is 31.4 Å². The van der Waals surface area contributed by atoms with Crippen LogP contribution in [0.2, 0.25) is 0 Å². The number of hydrogen-bond donors (Lipinski definition) is 2. The van der Waals surface area contributed by atoms with Crippen molar-refractivity contribution in [1.29, 1.82) is 0 Å². The van der Waals surface area contributed by atoms with E-state index in [1.54, 1.807) is 35.4 Å². The van der Waals surface area contributed by atoms with E-state index < -0.39 is 0 Å². The number of nitrogens with zero attached hydrogens (tertiary/aromatic N) is 6. The van der Waals surface area contributed by atoms with Gasteiger partial charge in [-0.1, -0.05) is 0 Å². The minimum Gasteiger partial charge on any atom is -0.351 e. The van der Waals surface area contributed by atoms with Crippen LogP contribution in [0.4, 0.5) is 11.6 Å². The Bertz CT molecular complexity index is 1330. The Morgan fingerprint density at radius 2 is 2.12 bits per heavy atom. The third kappa shape index (κ3) is 3.36. The van der Waals surface area contributed by atoms with Gasteiger partial charge in [0.1, 0.15) is 11.6 Å². The molecular weight excluding hydrogens is 404 g/mol. The van der Waals surface area contributed by atoms with Crippen LogP contribution in [0.3, 0.4) is 0 Å². The molecule has 2 aliphatic rings. The fourth-order valence-corrected chi connectivity index (χ4v) is 4.55. The predicted molar refractivity (Wildman–Crippen MR) is 121 cm³/mol. The van der Waals surface area contributed by atoms with Crippen LogP contribution < -0.4 is 15.5 Å². The molecular formula is C23H22N8O. The number of anilines is 2. The van der Waals surface area contributed by atoms with Crippen molar-refractivity contribution in [3.63, 3.8) is 0 Å². The summed E-state index contributed by atoms with van der Waals surface area (Å²) < 4.78 is 1.74. The predicted octanol–water partition coefficient (Wildman–Crippen LogP) is 2.23. The zero-order valence-corrected chi connectivity index (χ0v) is 17.6. The van der Waals surface area contributed by atoms with E-state index in [9.17, 15) is 4.79 Å². The molecule has 2 saturated heterocycles. The molecule has 0 aromatic carbocycles. The van der Waals surface area contributed by atoms with E-state index >= 15 is 0 Å². The lowest BCUT2D eigenvalue weighted by Gasteiger charge is -2.28. The maximum Gasteiger partial charge on any atom is 0.257 e. The molecule has 2 fully saturated rings. The van der Waals surface area contributed by atoms with Gasteiger partial charge in [-0.2, -0.15) is 5.10 Å². The molecule has 6 heterocycles. The molecule has 2 N–H and O–H groups in total. The smallest absolute Gasteiger partial charge is 0.257 e. The van der Waals surface area contributed by atoms with E-state index in [2.05, 4.69) is 30.6 Å². The van der Waals surface area contributed by atoms with Crippen molar-refractivity contribution in [2.75, 3.05) is 23.3 Å². The molecule has 2 bridgehead atoms. The van der Waals surface area contributed by atoms with Crippen molar-refractivity contribution in [2.45, 2.75) is 18.5 Å². The molecule has 0 saturated carbocycles. The van der Waals surface area contributed by atoms with Crippen LogP contribution >= 0.6 is 0 Å². The maximum absolute atomic E-state index is 12.9. The number of fused-ring (bicyclic) bond motifs is 3. The van der Waals surface area contributed by atoms with E-state index in [0.717, 1.165) is 47.5 Å². The van der Waals surface area contributed by atoms with Gasteiger partial charge in [0.2, 0.25) is 0 Å². The van der Waals surface area contributed by atoms with E-state index in [4.69, 9.17) is 4.98 Å². The van der Waals surface area contributed by atoms with Gasteiger partial charge in [0.15, 0.2) is 0 Å². The molecule has 2 aliphatic heterocycles. The first-order valence-corrected chi connectivity index (χ1v) is 10.7. The Hall–Kier alpha value is -3.85. The number of carbonyl (C=O) groups excluding carboxylic acids is 1. The van der Waals surface area contributed by atoms with Crippen LogP contribution in [0.1, 0.15) is 16.8 Å². The molecule has 2 unspecified atom stereocenters. The van der Waals surface area contributed by atoms with Crippen molar-refractivity contribution in [3.05, 3.63) is 60.7 Å². The topological polar surface area (TPSA) is 101 Å². The van der Waals surface area contributed by atoms with Gasteiger partial charge in [-0.05, 0) is 30.7 Å². The Labute approximate surface area is 184 Å². The molecule has 9 nitrogen and oxygen atoms in total. The number of piperazine rings is 1. The van der Waals surface area contributed by atoms with Crippen LogP contribution in [0.25, 0.3) is 22.2 Å². The largest absolute Gasteiger partial charge is 0.351 e. The highest BCUT2D eigenvalue weighted by Crippen LogP contribution is 2.28. The van der Waals surface area contributed by atoms with Crippen molar-refractivity contribution in [3.8, 4) is 11.3 Å². The first-order valence-electron chi connectivity index (χ1n) is 10.7. The Morgan fingerprint density at radius 1 is 1.19 bits per heavy atom. The van der Waals surface area contributed by atoms with Crippen molar-refractivity contribution >= 4 is 28.4 Å². The van der Waals surface area contributed by atoms with Crippen molar-refractivity contribution in [2.24, 2.45) is 7.05 Å². The van der Waals surface area contributed by atoms with Gasteiger partial charge >= 0.3 is 0 Å². The second kappa shape index (κ2) is 7.38. The molecule has 32 heavy (non-hydrogen) atoms. The number of aryl methyl sites for hydroxylation is 1. The lowest BCUT2D eigenvalue weighted by Crippen LogP contribution is -2.44. The summed E-state index contributed by atoms with van der Waals surface area (Å²) in [5.74, 6) is 1.09. The standard InChI is InChI=1S/C23H22N8O/c1-30-12-16(10-27-30)19-3-2-15-9-26-21(8-20(15)28-19)29-23(32)14-4-5-24-22(6-14)31-13-17-7-18(31)11-25-17/h2-6,8-10,12,17-18,25H,7,11,13H2,1H3,(H,26,29,32). The van der Waals surface area contributed by atoms with Crippen LogP contribution in [0, 0.1) is 0 Å². The molecule has 4 aromatic heterocycles. The van der Waals surface area contributed by atoms with E-state index in [-0.39, 0.29) is 5.91 Å². The van der Waals surface area contributed by atoms with Gasteiger partial charge in [-0.15, -0.1) is 0 Å². The van der Waals surface area contributed by atoms with Crippen molar-refractivity contribution < 1.29 is 4.79 Å². The highest BCUT2D eigenvalue weighted by molar-refractivity contribution is 6.04. The normalized spacial score (nSPS) is 19.6. The monoisotopic (exact) mass is 426 g/mol. The molecule has 0 aliphatic carbocycles. The highest BCUT2D eigenvalue weighted by atomic mass is 16.1. The molecule has 1 amide bonds. The Balaban J connectivity index is 1.24. The SMILES string of the molecule is Cn1cc(-c2ccc3cnc(NC(=O)c4ccnc(N5CC6CC5CN6)c4)cc3n2)cn1. The van der Waals surface area contributed by atoms with Crippen molar-refractivity contribution in [1.82, 2.24) is 30.0 Å². The quantitative estimate of drug-likeness (QED) is 0.516. The Morgan fingerprint density at radius 3 is 2.91 bits per heavy atom. The average Bonchev–Trinajstić information content (AvgIpc) is 3.56. The second-order valence-corrected chi connectivity index (χ2v) is 8.37. The second-order valence-electron chi connectivity index (χ2n) is 8.37. The zero-order valence-electron chi connectivity index (χ0n) is 17.6. The van der Waals surface area contributed by atoms with Gasteiger partial charge in [-0.25, -0.2) is 15.0 Å². The van der Waals surface area contributed by atoms with Gasteiger partial charge in [0.25, 0.3) is 5.91 Å². The van der Waals surface area contributed by atoms with Crippen LogP contribution in [0.15, 0.2) is 55.1 Å². The van der Waals surface area contributed by atoms with E-state index in [0.29, 0.717) is 23.5 Å². The number of nitrogens with one attached hydrogen (secondary N) is 2. The lowest BCUT2D eigenvalue weighted by molar-refractivity contribution is 0.102. The first-order chi connectivity index (χ1) is 15.6. The van der Waals surface area contributed by atoms with Gasteiger partial charge in [-0.3, -0.25) is 9.48 Å². The minimum absolute atomic E-state index is 0.216. The summed E-state index contributed by atoms with van der Waals surface area (Å²) in [6, 6.07) is 10.3. The third-order valence-electron chi connectivity index (χ3n) is 6.17. The summed E-state index contributed by atoms with van der Waals surface area (Å²) in [6.45, 7) is 1.90.